The van der Waals surface area contributed by atoms with E-state index < -0.39 is 11.7 Å². The van der Waals surface area contributed by atoms with Crippen LogP contribution in [0.15, 0.2) is 352 Å². The van der Waals surface area contributed by atoms with Crippen LogP contribution < -0.4 is 0 Å². The fourth-order valence-electron chi connectivity index (χ4n) is 15.1. The lowest BCUT2D eigenvalue weighted by molar-refractivity contribution is -0.137. The van der Waals surface area contributed by atoms with E-state index in [2.05, 4.69) is 6.07 Å². The Labute approximate surface area is 661 Å². The van der Waals surface area contributed by atoms with Crippen molar-refractivity contribution in [1.82, 2.24) is 68.9 Å². The molecule has 0 fully saturated rings. The van der Waals surface area contributed by atoms with Gasteiger partial charge in [0.2, 0.25) is 0 Å². The molecule has 0 spiro atoms. The molecule has 15 nitrogen and oxygen atoms in total. The second kappa shape index (κ2) is 29.0. The molecule has 6 heterocycles. The average Bonchev–Trinajstić information content (AvgIpc) is 1.55. The standard InChI is InChI=1S/C98H58F3N15/c99-98(100,101)73-48-53-83(115-79-49-44-68(94-107-86(60-26-9-1-10-27-60)103-87(108-94)61-28-11-2-12-29-61)54-74(79)75-55-69(45-50-80(75)115)95-109-88(62-30-13-3-14-31-62)104-89(110-95)63-32-15-4-16-33-63)78(58-73)85-72(59-102)42-25-43-84(85)116-81-51-46-70(96-111-90(64-34-17-5-18-35-64)105-91(112-96)65-36-19-6-20-37-65)56-76(81)77-57-71(47-52-82(77)116)97-113-92(66-38-21-7-22-39-66)106-93(114-97)67-40-23-8-24-41-67/h1-58H. The number of alkyl halides is 3. The Morgan fingerprint density at radius 1 is 0.224 bits per heavy atom. The molecule has 0 amide bonds. The molecule has 0 N–H and O–H groups in total. The van der Waals surface area contributed by atoms with Crippen molar-refractivity contribution in [3.05, 3.63) is 363 Å². The molecule has 0 aliphatic rings. The molecule has 20 rings (SSSR count). The number of halogens is 3. The van der Waals surface area contributed by atoms with Crippen molar-refractivity contribution in [2.24, 2.45) is 0 Å². The number of nitrogens with zero attached hydrogens (tertiary/aromatic N) is 15. The van der Waals surface area contributed by atoms with Crippen LogP contribution in [-0.4, -0.2) is 68.9 Å². The minimum Gasteiger partial charge on any atom is -0.309 e. The van der Waals surface area contributed by atoms with Gasteiger partial charge in [0.25, 0.3) is 0 Å². The monoisotopic (exact) mass is 1500 g/mol. The lowest BCUT2D eigenvalue weighted by atomic mass is 9.94. The molecule has 546 valence electrons. The van der Waals surface area contributed by atoms with Crippen molar-refractivity contribution in [3.8, 4) is 165 Å². The van der Waals surface area contributed by atoms with Crippen LogP contribution in [0.2, 0.25) is 0 Å². The third kappa shape index (κ3) is 12.9. The first-order chi connectivity index (χ1) is 57.0. The smallest absolute Gasteiger partial charge is 0.309 e. The van der Waals surface area contributed by atoms with Crippen LogP contribution in [-0.2, 0) is 6.18 Å². The van der Waals surface area contributed by atoms with Crippen LogP contribution in [0, 0.1) is 11.3 Å². The quantitative estimate of drug-likeness (QED) is 0.0944. The maximum absolute atomic E-state index is 16.1. The lowest BCUT2D eigenvalue weighted by Crippen LogP contribution is -2.08. The molecule has 14 aromatic carbocycles. The van der Waals surface area contributed by atoms with Gasteiger partial charge in [0.15, 0.2) is 69.9 Å². The molecule has 0 saturated carbocycles. The zero-order valence-corrected chi connectivity index (χ0v) is 61.3. The van der Waals surface area contributed by atoms with Crippen LogP contribution >= 0.6 is 0 Å². The van der Waals surface area contributed by atoms with Gasteiger partial charge < -0.3 is 9.13 Å². The number of fused-ring (bicyclic) bond motifs is 6. The Balaban J connectivity index is 0.837. The summed E-state index contributed by atoms with van der Waals surface area (Å²) in [5, 5.41) is 14.6. The highest BCUT2D eigenvalue weighted by Gasteiger charge is 2.34. The maximum Gasteiger partial charge on any atom is 0.416 e. The highest BCUT2D eigenvalue weighted by atomic mass is 19.4. The van der Waals surface area contributed by atoms with E-state index in [0.29, 0.717) is 147 Å². The lowest BCUT2D eigenvalue weighted by Gasteiger charge is -2.21. The zero-order valence-electron chi connectivity index (χ0n) is 61.3. The molecule has 18 heteroatoms. The number of rotatable bonds is 15. The molecule has 0 aliphatic carbocycles. The highest BCUT2D eigenvalue weighted by Crippen LogP contribution is 2.47. The van der Waals surface area contributed by atoms with Gasteiger partial charge in [-0.25, -0.2) is 59.8 Å². The second-order valence-electron chi connectivity index (χ2n) is 27.8. The van der Waals surface area contributed by atoms with Crippen molar-refractivity contribution in [1.29, 1.82) is 5.26 Å². The summed E-state index contributed by atoms with van der Waals surface area (Å²) in [6.45, 7) is 0. The summed E-state index contributed by atoms with van der Waals surface area (Å²) in [5.41, 5.74) is 11.6. The van der Waals surface area contributed by atoms with Crippen molar-refractivity contribution in [3.63, 3.8) is 0 Å². The summed E-state index contributed by atoms with van der Waals surface area (Å²) in [6.07, 6.45) is -4.85. The number of aromatic nitrogens is 14. The summed E-state index contributed by atoms with van der Waals surface area (Å²) < 4.78 is 52.3. The fraction of sp³-hybridized carbons (Fsp3) is 0.0102. The van der Waals surface area contributed by atoms with E-state index in [9.17, 15) is 5.26 Å². The van der Waals surface area contributed by atoms with Gasteiger partial charge in [0.1, 0.15) is 0 Å². The summed E-state index contributed by atoms with van der Waals surface area (Å²) in [7, 11) is 0. The molecule has 20 aromatic rings. The Kier molecular flexibility index (Phi) is 17.3. The maximum atomic E-state index is 16.1. The third-order valence-corrected chi connectivity index (χ3v) is 20.6. The van der Waals surface area contributed by atoms with Crippen molar-refractivity contribution in [2.75, 3.05) is 0 Å². The van der Waals surface area contributed by atoms with Crippen LogP contribution in [0.5, 0.6) is 0 Å². The van der Waals surface area contributed by atoms with Gasteiger partial charge in [0.05, 0.1) is 50.6 Å². The van der Waals surface area contributed by atoms with E-state index in [4.69, 9.17) is 59.8 Å². The van der Waals surface area contributed by atoms with Crippen LogP contribution in [0.1, 0.15) is 11.1 Å². The number of nitriles is 1. The van der Waals surface area contributed by atoms with E-state index in [1.165, 1.54) is 6.07 Å². The minimum atomic E-state index is -4.85. The molecule has 0 saturated heterocycles. The van der Waals surface area contributed by atoms with E-state index in [1.54, 1.807) is 12.1 Å². The number of hydrogen-bond donors (Lipinski definition) is 0. The Morgan fingerprint density at radius 3 is 0.690 bits per heavy atom. The average molecular weight is 1500 g/mol. The topological polar surface area (TPSA) is 188 Å². The summed E-state index contributed by atoms with van der Waals surface area (Å²) in [6, 6.07) is 113. The van der Waals surface area contributed by atoms with E-state index in [0.717, 1.165) is 56.6 Å². The van der Waals surface area contributed by atoms with Gasteiger partial charge in [-0.1, -0.05) is 249 Å². The summed E-state index contributed by atoms with van der Waals surface area (Å²) in [4.78, 5) is 61.4. The molecule has 0 unspecified atom stereocenters. The van der Waals surface area contributed by atoms with E-state index >= 15 is 13.2 Å². The predicted molar refractivity (Wildman–Crippen MR) is 449 cm³/mol. The molecule has 0 atom stereocenters. The highest BCUT2D eigenvalue weighted by molar-refractivity contribution is 6.14. The molecular weight excluding hydrogens is 1440 g/mol. The summed E-state index contributed by atoms with van der Waals surface area (Å²) in [5.74, 6) is 5.23. The molecule has 0 bridgehead atoms. The fourth-order valence-corrected chi connectivity index (χ4v) is 15.1. The van der Waals surface area contributed by atoms with Gasteiger partial charge in [-0.05, 0) is 103 Å². The van der Waals surface area contributed by atoms with Crippen LogP contribution in [0.25, 0.3) is 203 Å². The number of benzene rings is 14. The first-order valence-electron chi connectivity index (χ1n) is 37.5. The van der Waals surface area contributed by atoms with Gasteiger partial charge in [0, 0.05) is 99.4 Å². The Bertz CT molecular complexity index is 6640. The van der Waals surface area contributed by atoms with Gasteiger partial charge in [-0.15, -0.1) is 0 Å². The first-order valence-corrected chi connectivity index (χ1v) is 37.5. The zero-order chi connectivity index (χ0) is 77.8. The molecular formula is C98H58F3N15. The van der Waals surface area contributed by atoms with Crippen molar-refractivity contribution < 1.29 is 13.2 Å². The molecule has 6 aromatic heterocycles. The predicted octanol–water partition coefficient (Wildman–Crippen LogP) is 23.2. The normalized spacial score (nSPS) is 11.6. The first kappa shape index (κ1) is 69.2. The van der Waals surface area contributed by atoms with Gasteiger partial charge >= 0.3 is 6.18 Å². The Hall–Kier alpha value is -16.0. The molecule has 116 heavy (non-hydrogen) atoms. The van der Waals surface area contributed by atoms with Crippen LogP contribution in [0.4, 0.5) is 13.2 Å². The van der Waals surface area contributed by atoms with E-state index in [1.807, 2.05) is 331 Å². The Morgan fingerprint density at radius 2 is 0.457 bits per heavy atom. The van der Waals surface area contributed by atoms with Gasteiger partial charge in [-0.2, -0.15) is 18.4 Å². The van der Waals surface area contributed by atoms with E-state index in [-0.39, 0.29) is 16.7 Å². The second-order valence-corrected chi connectivity index (χ2v) is 27.8. The SMILES string of the molecule is N#Cc1cccc(-n2c3ccc(-c4nc(-c5ccccc5)nc(-c5ccccc5)n4)cc3c3cc(-c4nc(-c5ccccc5)nc(-c5ccccc5)n4)ccc32)c1-c1cc(C(F)(F)F)ccc1-n1c2ccc(-c3nc(-c4ccccc4)nc(-c4ccccc4)n3)cc2c2cc(-c3nc(-c4ccccc4)nc(-c4ccccc4)n3)ccc21. The van der Waals surface area contributed by atoms with Crippen LogP contribution in [0.3, 0.4) is 0 Å². The summed E-state index contributed by atoms with van der Waals surface area (Å²) >= 11 is 0. The third-order valence-electron chi connectivity index (χ3n) is 20.6. The molecule has 0 aliphatic heterocycles. The van der Waals surface area contributed by atoms with Gasteiger partial charge in [-0.3, -0.25) is 0 Å². The van der Waals surface area contributed by atoms with Crippen molar-refractivity contribution >= 4 is 43.6 Å². The van der Waals surface area contributed by atoms with Crippen molar-refractivity contribution in [2.45, 2.75) is 6.18 Å². The largest absolute Gasteiger partial charge is 0.416 e. The molecule has 0 radical (unpaired) electrons. The number of hydrogen-bond acceptors (Lipinski definition) is 13. The minimum absolute atomic E-state index is 0.104.